The lowest BCUT2D eigenvalue weighted by Gasteiger charge is -2.12. The number of carbonyl (C=O) groups is 3. The first kappa shape index (κ1) is 22.8. The lowest BCUT2D eigenvalue weighted by atomic mass is 10.1. The van der Waals surface area contributed by atoms with Gasteiger partial charge >= 0.3 is 12.1 Å². The molecule has 2 rings (SSSR count). The second-order valence-electron chi connectivity index (χ2n) is 6.26. The molecule has 10 nitrogen and oxygen atoms in total. The van der Waals surface area contributed by atoms with Crippen molar-refractivity contribution in [2.45, 2.75) is 32.5 Å². The Labute approximate surface area is 170 Å². The minimum absolute atomic E-state index is 0.0962. The molecule has 1 heterocycles. The molecule has 0 aliphatic heterocycles. The number of ether oxygens (including phenoxy) is 3. The third-order valence-corrected chi connectivity index (χ3v) is 3.57. The van der Waals surface area contributed by atoms with Gasteiger partial charge in [0.15, 0.2) is 6.10 Å². The van der Waals surface area contributed by atoms with Crippen molar-refractivity contribution < 1.29 is 42.6 Å². The molecule has 1 unspecified atom stereocenters. The van der Waals surface area contributed by atoms with E-state index in [1.807, 2.05) is 0 Å². The predicted molar refractivity (Wildman–Crippen MR) is 98.5 cm³/mol. The van der Waals surface area contributed by atoms with E-state index < -0.39 is 42.8 Å². The molecule has 1 aromatic carbocycles. The summed E-state index contributed by atoms with van der Waals surface area (Å²) in [6.07, 6.45) is -3.13. The highest BCUT2D eigenvalue weighted by Crippen LogP contribution is 2.22. The van der Waals surface area contributed by atoms with Crippen molar-refractivity contribution in [3.8, 4) is 11.3 Å². The Morgan fingerprint density at radius 3 is 2.67 bits per heavy atom. The molecule has 0 saturated carbocycles. The number of nitrogens with one attached hydrogen (secondary N) is 1. The maximum atomic E-state index is 13.8. The van der Waals surface area contributed by atoms with Gasteiger partial charge in [-0.25, -0.2) is 14.0 Å². The van der Waals surface area contributed by atoms with Crippen LogP contribution in [0.4, 0.5) is 9.18 Å². The number of benzene rings is 1. The zero-order chi connectivity index (χ0) is 22.1. The van der Waals surface area contributed by atoms with E-state index in [0.29, 0.717) is 0 Å². The maximum absolute atomic E-state index is 13.8. The van der Waals surface area contributed by atoms with Gasteiger partial charge in [-0.05, 0) is 26.0 Å². The number of aliphatic hydroxyl groups is 1. The van der Waals surface area contributed by atoms with Gasteiger partial charge in [0.25, 0.3) is 5.91 Å². The lowest BCUT2D eigenvalue weighted by Crippen LogP contribution is -2.31. The smallest absolute Gasteiger partial charge is 0.431 e. The van der Waals surface area contributed by atoms with Crippen molar-refractivity contribution in [1.82, 2.24) is 10.5 Å². The molecule has 1 aromatic heterocycles. The zero-order valence-electron chi connectivity index (χ0n) is 16.3. The van der Waals surface area contributed by atoms with E-state index in [0.717, 1.165) is 0 Å². The van der Waals surface area contributed by atoms with Crippen LogP contribution in [0.15, 0.2) is 34.9 Å². The molecule has 0 radical (unpaired) electrons. The Morgan fingerprint density at radius 2 is 1.97 bits per heavy atom. The van der Waals surface area contributed by atoms with Crippen LogP contribution in [0.5, 0.6) is 0 Å². The van der Waals surface area contributed by atoms with Crippen LogP contribution in [0.3, 0.4) is 0 Å². The Bertz CT molecular complexity index is 883. The van der Waals surface area contributed by atoms with Crippen LogP contribution in [0, 0.1) is 5.82 Å². The summed E-state index contributed by atoms with van der Waals surface area (Å²) in [4.78, 5) is 34.8. The highest BCUT2D eigenvalue weighted by molar-refractivity contribution is 5.92. The molecule has 1 amide bonds. The number of rotatable bonds is 9. The van der Waals surface area contributed by atoms with E-state index >= 15 is 0 Å². The minimum atomic E-state index is -1.56. The van der Waals surface area contributed by atoms with Gasteiger partial charge in [0.2, 0.25) is 12.6 Å². The van der Waals surface area contributed by atoms with Gasteiger partial charge in [-0.15, -0.1) is 0 Å². The zero-order valence-corrected chi connectivity index (χ0v) is 16.3. The lowest BCUT2D eigenvalue weighted by molar-refractivity contribution is -0.163. The van der Waals surface area contributed by atoms with Gasteiger partial charge in [0, 0.05) is 24.6 Å². The Hall–Kier alpha value is -3.47. The fourth-order valence-electron chi connectivity index (χ4n) is 2.16. The van der Waals surface area contributed by atoms with Crippen molar-refractivity contribution in [1.29, 1.82) is 0 Å². The summed E-state index contributed by atoms with van der Waals surface area (Å²) in [7, 11) is 0. The third kappa shape index (κ3) is 6.85. The van der Waals surface area contributed by atoms with Crippen LogP contribution >= 0.6 is 0 Å². The topological polar surface area (TPSA) is 137 Å². The van der Waals surface area contributed by atoms with Gasteiger partial charge in [0.1, 0.15) is 11.5 Å². The summed E-state index contributed by atoms with van der Waals surface area (Å²) < 4.78 is 32.4. The summed E-state index contributed by atoms with van der Waals surface area (Å²) in [6, 6.07) is 7.15. The Morgan fingerprint density at radius 1 is 1.23 bits per heavy atom. The van der Waals surface area contributed by atoms with Crippen molar-refractivity contribution in [3.63, 3.8) is 0 Å². The average molecular weight is 424 g/mol. The maximum Gasteiger partial charge on any atom is 0.511 e. The third-order valence-electron chi connectivity index (χ3n) is 3.57. The van der Waals surface area contributed by atoms with Crippen LogP contribution < -0.4 is 5.32 Å². The van der Waals surface area contributed by atoms with Crippen LogP contribution in [0.2, 0.25) is 0 Å². The van der Waals surface area contributed by atoms with Gasteiger partial charge in [-0.3, -0.25) is 4.79 Å². The molecule has 2 aromatic rings. The molecule has 0 saturated heterocycles. The summed E-state index contributed by atoms with van der Waals surface area (Å²) in [6.45, 7) is 2.42. The van der Waals surface area contributed by atoms with Crippen LogP contribution in [-0.2, 0) is 19.0 Å². The molecular weight excluding hydrogens is 403 g/mol. The highest BCUT2D eigenvalue weighted by Gasteiger charge is 2.20. The number of nitrogens with zero attached hydrogens (tertiary/aromatic N) is 1. The average Bonchev–Trinajstić information content (AvgIpc) is 3.17. The molecule has 162 valence electrons. The van der Waals surface area contributed by atoms with E-state index in [-0.39, 0.29) is 30.0 Å². The van der Waals surface area contributed by atoms with Crippen LogP contribution in [0.25, 0.3) is 11.3 Å². The number of esters is 1. The number of aliphatic hydroxyl groups excluding tert-OH is 1. The number of hydrogen-bond acceptors (Lipinski definition) is 9. The van der Waals surface area contributed by atoms with Crippen molar-refractivity contribution in [3.05, 3.63) is 41.9 Å². The SMILES string of the molecule is CC(C)OC(=O)OCOC(=O)C(O)CCNC(=O)c1cc(-c2ccccc2F)no1. The van der Waals surface area contributed by atoms with Crippen LogP contribution in [-0.4, -0.2) is 53.8 Å². The van der Waals surface area contributed by atoms with Gasteiger partial charge in [-0.2, -0.15) is 0 Å². The van der Waals surface area contributed by atoms with Crippen molar-refractivity contribution >= 4 is 18.0 Å². The molecule has 0 fully saturated rings. The van der Waals surface area contributed by atoms with E-state index in [2.05, 4.69) is 24.7 Å². The Kier molecular flexibility index (Phi) is 8.29. The number of amides is 1. The van der Waals surface area contributed by atoms with E-state index in [9.17, 15) is 23.9 Å². The van der Waals surface area contributed by atoms with Gasteiger partial charge < -0.3 is 29.2 Å². The summed E-state index contributed by atoms with van der Waals surface area (Å²) in [5.41, 5.74) is 0.329. The molecule has 0 aliphatic carbocycles. The highest BCUT2D eigenvalue weighted by atomic mass is 19.1. The first-order valence-corrected chi connectivity index (χ1v) is 8.96. The first-order chi connectivity index (χ1) is 14.3. The number of aromatic nitrogens is 1. The summed E-state index contributed by atoms with van der Waals surface area (Å²) in [5, 5.41) is 15.8. The number of hydrogen-bond donors (Lipinski definition) is 2. The molecule has 2 N–H and O–H groups in total. The predicted octanol–water partition coefficient (Wildman–Crippen LogP) is 2.02. The monoisotopic (exact) mass is 424 g/mol. The fraction of sp³-hybridized carbons (Fsp3) is 0.368. The first-order valence-electron chi connectivity index (χ1n) is 8.96. The molecule has 11 heteroatoms. The largest absolute Gasteiger partial charge is 0.511 e. The Balaban J connectivity index is 1.73. The minimum Gasteiger partial charge on any atom is -0.431 e. The van der Waals surface area contributed by atoms with Gasteiger partial charge in [0.05, 0.1) is 6.10 Å². The second kappa shape index (κ2) is 10.9. The van der Waals surface area contributed by atoms with Crippen molar-refractivity contribution in [2.24, 2.45) is 0 Å². The fourth-order valence-corrected chi connectivity index (χ4v) is 2.16. The van der Waals surface area contributed by atoms with E-state index in [4.69, 9.17) is 4.52 Å². The van der Waals surface area contributed by atoms with Crippen LogP contribution in [0.1, 0.15) is 30.8 Å². The standard InChI is InChI=1S/C19H21FN2O8/c1-11(2)29-19(26)28-10-27-18(25)15(23)7-8-21-17(24)16-9-14(22-30-16)12-5-3-4-6-13(12)20/h3-6,9,11,15,23H,7-8,10H2,1-2H3,(H,21,24). The van der Waals surface area contributed by atoms with Crippen molar-refractivity contribution in [2.75, 3.05) is 13.3 Å². The molecular formula is C19H21FN2O8. The van der Waals surface area contributed by atoms with E-state index in [1.165, 1.54) is 24.3 Å². The molecule has 0 bridgehead atoms. The number of halogens is 1. The van der Waals surface area contributed by atoms with Gasteiger partial charge in [-0.1, -0.05) is 17.3 Å². The van der Waals surface area contributed by atoms with E-state index in [1.54, 1.807) is 19.9 Å². The molecule has 0 aliphatic rings. The second-order valence-corrected chi connectivity index (χ2v) is 6.26. The summed E-state index contributed by atoms with van der Waals surface area (Å²) >= 11 is 0. The quantitative estimate of drug-likeness (QED) is 0.457. The number of carbonyl (C=O) groups excluding carboxylic acids is 3. The molecule has 30 heavy (non-hydrogen) atoms. The normalized spacial score (nSPS) is 11.6. The summed E-state index contributed by atoms with van der Waals surface area (Å²) in [5.74, 6) is -2.38. The molecule has 1 atom stereocenters. The molecule has 0 spiro atoms.